The van der Waals surface area contributed by atoms with Crippen LogP contribution in [0.1, 0.15) is 39.5 Å². The Morgan fingerprint density at radius 3 is 2.81 bits per heavy atom. The number of pyridine rings is 1. The van der Waals surface area contributed by atoms with Gasteiger partial charge in [0.15, 0.2) is 0 Å². The Morgan fingerprint density at radius 1 is 1.19 bits per heavy atom. The standard InChI is InChI=1S/C18H26N2O/c1-3-12-19-15(2)8-6-7-13-20-14-11-16-9-4-5-10-17(16)18(20)21/h4-5,9-11,14-15,19H,3,6-8,12-13H2,1-2H3. The molecule has 2 rings (SSSR count). The Hall–Kier alpha value is -1.61. The van der Waals surface area contributed by atoms with Gasteiger partial charge in [0.1, 0.15) is 0 Å². The van der Waals surface area contributed by atoms with Crippen molar-refractivity contribution in [2.45, 2.75) is 52.1 Å². The van der Waals surface area contributed by atoms with Gasteiger partial charge >= 0.3 is 0 Å². The van der Waals surface area contributed by atoms with Crippen LogP contribution in [-0.2, 0) is 6.54 Å². The number of nitrogens with one attached hydrogen (secondary N) is 1. The van der Waals surface area contributed by atoms with Crippen molar-refractivity contribution in [1.29, 1.82) is 0 Å². The average Bonchev–Trinajstić information content (AvgIpc) is 2.51. The summed E-state index contributed by atoms with van der Waals surface area (Å²) in [5.41, 5.74) is 0.130. The number of hydrogen-bond donors (Lipinski definition) is 1. The van der Waals surface area contributed by atoms with E-state index in [1.807, 2.05) is 41.1 Å². The van der Waals surface area contributed by atoms with Crippen LogP contribution in [0.2, 0.25) is 0 Å². The summed E-state index contributed by atoms with van der Waals surface area (Å²) >= 11 is 0. The van der Waals surface area contributed by atoms with Crippen molar-refractivity contribution in [3.05, 3.63) is 46.9 Å². The molecule has 3 nitrogen and oxygen atoms in total. The van der Waals surface area contributed by atoms with E-state index in [2.05, 4.69) is 19.2 Å². The molecule has 1 aromatic carbocycles. The van der Waals surface area contributed by atoms with Gasteiger partial charge in [-0.3, -0.25) is 4.79 Å². The molecule has 0 bridgehead atoms. The van der Waals surface area contributed by atoms with E-state index in [0.29, 0.717) is 6.04 Å². The van der Waals surface area contributed by atoms with E-state index >= 15 is 0 Å². The molecular formula is C18H26N2O. The van der Waals surface area contributed by atoms with E-state index in [9.17, 15) is 4.79 Å². The molecule has 0 radical (unpaired) electrons. The summed E-state index contributed by atoms with van der Waals surface area (Å²) in [7, 11) is 0. The highest BCUT2D eigenvalue weighted by atomic mass is 16.1. The van der Waals surface area contributed by atoms with E-state index in [4.69, 9.17) is 0 Å². The summed E-state index contributed by atoms with van der Waals surface area (Å²) in [5, 5.41) is 5.34. The molecule has 0 saturated heterocycles. The maximum Gasteiger partial charge on any atom is 0.258 e. The van der Waals surface area contributed by atoms with E-state index in [1.54, 1.807) is 0 Å². The first-order valence-electron chi connectivity index (χ1n) is 8.04. The number of nitrogens with zero attached hydrogens (tertiary/aromatic N) is 1. The van der Waals surface area contributed by atoms with Gasteiger partial charge in [-0.05, 0) is 50.2 Å². The third-order valence-electron chi connectivity index (χ3n) is 3.92. The summed E-state index contributed by atoms with van der Waals surface area (Å²) in [6, 6.07) is 10.4. The van der Waals surface area contributed by atoms with Gasteiger partial charge in [-0.25, -0.2) is 0 Å². The van der Waals surface area contributed by atoms with E-state index in [-0.39, 0.29) is 5.56 Å². The van der Waals surface area contributed by atoms with Gasteiger partial charge in [-0.1, -0.05) is 31.5 Å². The van der Waals surface area contributed by atoms with Crippen molar-refractivity contribution in [3.63, 3.8) is 0 Å². The molecule has 0 spiro atoms. The number of aryl methyl sites for hydroxylation is 1. The smallest absolute Gasteiger partial charge is 0.258 e. The van der Waals surface area contributed by atoms with Crippen molar-refractivity contribution in [1.82, 2.24) is 9.88 Å². The summed E-state index contributed by atoms with van der Waals surface area (Å²) < 4.78 is 1.84. The lowest BCUT2D eigenvalue weighted by atomic mass is 10.1. The SMILES string of the molecule is CCCNC(C)CCCCn1ccc2ccccc2c1=O. The number of benzene rings is 1. The van der Waals surface area contributed by atoms with Crippen LogP contribution < -0.4 is 10.9 Å². The van der Waals surface area contributed by atoms with Gasteiger partial charge in [-0.15, -0.1) is 0 Å². The first-order valence-corrected chi connectivity index (χ1v) is 8.04. The number of rotatable bonds is 8. The second-order valence-electron chi connectivity index (χ2n) is 5.75. The monoisotopic (exact) mass is 286 g/mol. The van der Waals surface area contributed by atoms with E-state index < -0.39 is 0 Å². The third-order valence-corrected chi connectivity index (χ3v) is 3.92. The Balaban J connectivity index is 1.87. The predicted molar refractivity (Wildman–Crippen MR) is 89.8 cm³/mol. The molecule has 3 heteroatoms. The molecule has 1 atom stereocenters. The van der Waals surface area contributed by atoms with Gasteiger partial charge < -0.3 is 9.88 Å². The zero-order valence-electron chi connectivity index (χ0n) is 13.1. The number of hydrogen-bond acceptors (Lipinski definition) is 2. The van der Waals surface area contributed by atoms with Crippen LogP contribution >= 0.6 is 0 Å². The summed E-state index contributed by atoms with van der Waals surface area (Å²) in [4.78, 5) is 12.3. The van der Waals surface area contributed by atoms with Gasteiger partial charge in [0.05, 0.1) is 0 Å². The minimum atomic E-state index is 0.130. The molecule has 0 aliphatic carbocycles. The molecule has 1 N–H and O–H groups in total. The lowest BCUT2D eigenvalue weighted by Gasteiger charge is -2.13. The lowest BCUT2D eigenvalue weighted by molar-refractivity contribution is 0.474. The van der Waals surface area contributed by atoms with Crippen LogP contribution in [-0.4, -0.2) is 17.2 Å². The molecule has 0 aliphatic heterocycles. The fraction of sp³-hybridized carbons (Fsp3) is 0.500. The van der Waals surface area contributed by atoms with Gasteiger partial charge in [-0.2, -0.15) is 0 Å². The number of unbranched alkanes of at least 4 members (excludes halogenated alkanes) is 1. The second kappa shape index (κ2) is 7.99. The van der Waals surface area contributed by atoms with Crippen molar-refractivity contribution in [2.75, 3.05) is 6.54 Å². The van der Waals surface area contributed by atoms with Crippen LogP contribution in [0, 0.1) is 0 Å². The van der Waals surface area contributed by atoms with Crippen LogP contribution in [0.15, 0.2) is 41.3 Å². The largest absolute Gasteiger partial charge is 0.315 e. The fourth-order valence-electron chi connectivity index (χ4n) is 2.63. The highest BCUT2D eigenvalue weighted by Crippen LogP contribution is 2.09. The highest BCUT2D eigenvalue weighted by Gasteiger charge is 2.03. The predicted octanol–water partition coefficient (Wildman–Crippen LogP) is 3.56. The van der Waals surface area contributed by atoms with Crippen LogP contribution in [0.4, 0.5) is 0 Å². The molecule has 1 unspecified atom stereocenters. The molecular weight excluding hydrogens is 260 g/mol. The summed E-state index contributed by atoms with van der Waals surface area (Å²) in [6.45, 7) is 6.32. The minimum absolute atomic E-state index is 0.130. The summed E-state index contributed by atoms with van der Waals surface area (Å²) in [6.07, 6.45) is 6.47. The van der Waals surface area contributed by atoms with Crippen LogP contribution in [0.3, 0.4) is 0 Å². The topological polar surface area (TPSA) is 34.0 Å². The molecule has 0 saturated carbocycles. The highest BCUT2D eigenvalue weighted by molar-refractivity contribution is 5.81. The molecule has 1 heterocycles. The second-order valence-corrected chi connectivity index (χ2v) is 5.75. The molecule has 0 amide bonds. The maximum atomic E-state index is 12.3. The Labute approximate surface area is 127 Å². The quantitative estimate of drug-likeness (QED) is 0.753. The Morgan fingerprint density at radius 2 is 2.00 bits per heavy atom. The van der Waals surface area contributed by atoms with Gasteiger partial charge in [0.25, 0.3) is 5.56 Å². The van der Waals surface area contributed by atoms with Crippen LogP contribution in [0.5, 0.6) is 0 Å². The van der Waals surface area contributed by atoms with Crippen molar-refractivity contribution in [2.24, 2.45) is 0 Å². The van der Waals surface area contributed by atoms with Crippen molar-refractivity contribution in [3.8, 4) is 0 Å². The Kier molecular flexibility index (Phi) is 6.00. The zero-order valence-corrected chi connectivity index (χ0v) is 13.1. The average molecular weight is 286 g/mol. The van der Waals surface area contributed by atoms with Crippen molar-refractivity contribution < 1.29 is 0 Å². The fourth-order valence-corrected chi connectivity index (χ4v) is 2.63. The first kappa shape index (κ1) is 15.8. The number of aromatic nitrogens is 1. The third kappa shape index (κ3) is 4.43. The number of fused-ring (bicyclic) bond motifs is 1. The zero-order chi connectivity index (χ0) is 15.1. The summed E-state index contributed by atoms with van der Waals surface area (Å²) in [5.74, 6) is 0. The lowest BCUT2D eigenvalue weighted by Crippen LogP contribution is -2.26. The van der Waals surface area contributed by atoms with Crippen LogP contribution in [0.25, 0.3) is 10.8 Å². The van der Waals surface area contributed by atoms with Gasteiger partial charge in [0.2, 0.25) is 0 Å². The molecule has 0 aliphatic rings. The molecule has 1 aromatic heterocycles. The van der Waals surface area contributed by atoms with E-state index in [1.165, 1.54) is 12.8 Å². The maximum absolute atomic E-state index is 12.3. The molecule has 21 heavy (non-hydrogen) atoms. The molecule has 114 valence electrons. The minimum Gasteiger partial charge on any atom is -0.315 e. The van der Waals surface area contributed by atoms with E-state index in [0.717, 1.165) is 36.7 Å². The Bertz CT molecular complexity index is 618. The van der Waals surface area contributed by atoms with Crippen molar-refractivity contribution >= 4 is 10.8 Å². The van der Waals surface area contributed by atoms with Gasteiger partial charge in [0, 0.05) is 24.2 Å². The normalized spacial score (nSPS) is 12.7. The molecule has 2 aromatic rings. The molecule has 0 fully saturated rings. The first-order chi connectivity index (χ1) is 10.2.